The molecule has 2 N–H and O–H groups in total. The van der Waals surface area contributed by atoms with Crippen LogP contribution in [0, 0.1) is 5.92 Å². The van der Waals surface area contributed by atoms with Crippen LogP contribution in [0.1, 0.15) is 40.8 Å². The Balaban J connectivity index is 1.63. The number of hydrogen-bond acceptors (Lipinski definition) is 5. The molecule has 0 aliphatic heterocycles. The van der Waals surface area contributed by atoms with Gasteiger partial charge in [-0.2, -0.15) is 0 Å². The summed E-state index contributed by atoms with van der Waals surface area (Å²) in [5.41, 5.74) is 2.11. The van der Waals surface area contributed by atoms with E-state index in [1.165, 1.54) is 21.8 Å². The summed E-state index contributed by atoms with van der Waals surface area (Å²) in [6, 6.07) is 0. The molecule has 0 spiro atoms. The van der Waals surface area contributed by atoms with Gasteiger partial charge < -0.3 is 10.2 Å². The van der Waals surface area contributed by atoms with Crippen molar-refractivity contribution in [2.45, 2.75) is 32.6 Å². The second kappa shape index (κ2) is 6.92. The average molecular weight is 374 g/mol. The lowest BCUT2D eigenvalue weighted by Gasteiger charge is -2.17. The lowest BCUT2D eigenvalue weighted by molar-refractivity contribution is -0.858. The van der Waals surface area contributed by atoms with Crippen LogP contribution in [0.25, 0.3) is 15.9 Å². The summed E-state index contributed by atoms with van der Waals surface area (Å²) in [4.78, 5) is 25.3. The number of nitrogens with one attached hydrogen (secondary N) is 2. The first kappa shape index (κ1) is 17.4. The Morgan fingerprint density at radius 1 is 1.46 bits per heavy atom. The van der Waals surface area contributed by atoms with Crippen molar-refractivity contribution in [3.63, 3.8) is 0 Å². The maximum atomic E-state index is 12.4. The molecule has 3 aromatic rings. The van der Waals surface area contributed by atoms with Gasteiger partial charge in [-0.15, -0.1) is 16.4 Å². The van der Waals surface area contributed by atoms with Crippen molar-refractivity contribution in [1.29, 1.82) is 0 Å². The van der Waals surface area contributed by atoms with Crippen LogP contribution in [-0.2, 0) is 12.8 Å². The van der Waals surface area contributed by atoms with Gasteiger partial charge in [-0.05, 0) is 30.7 Å². The number of aromatic nitrogens is 4. The SMILES string of the molecule is C[C@@H]1CCc2sc3ncn4nc(C(=O)NCCC[NH+](C)C)nc4c3c2C1. The van der Waals surface area contributed by atoms with Crippen LogP contribution < -0.4 is 10.2 Å². The molecule has 26 heavy (non-hydrogen) atoms. The molecule has 7 nitrogen and oxygen atoms in total. The van der Waals surface area contributed by atoms with Gasteiger partial charge in [-0.3, -0.25) is 4.79 Å². The van der Waals surface area contributed by atoms with Gasteiger partial charge in [0.2, 0.25) is 5.82 Å². The fraction of sp³-hybridized carbons (Fsp3) is 0.556. The van der Waals surface area contributed by atoms with Crippen molar-refractivity contribution in [3.8, 4) is 0 Å². The largest absolute Gasteiger partial charge is 0.349 e. The number of aryl methyl sites for hydroxylation is 1. The number of carbonyl (C=O) groups is 1. The van der Waals surface area contributed by atoms with Gasteiger partial charge in [0.05, 0.1) is 26.0 Å². The molecule has 0 radical (unpaired) electrons. The molecule has 0 saturated carbocycles. The lowest BCUT2D eigenvalue weighted by Crippen LogP contribution is -3.05. The van der Waals surface area contributed by atoms with E-state index in [0.717, 1.165) is 41.7 Å². The van der Waals surface area contributed by atoms with Gasteiger partial charge >= 0.3 is 0 Å². The summed E-state index contributed by atoms with van der Waals surface area (Å²) in [6.45, 7) is 3.94. The highest BCUT2D eigenvalue weighted by molar-refractivity contribution is 7.19. The van der Waals surface area contributed by atoms with Crippen LogP contribution in [0.3, 0.4) is 0 Å². The predicted octanol–water partition coefficient (Wildman–Crippen LogP) is 0.728. The lowest BCUT2D eigenvalue weighted by atomic mass is 9.89. The van der Waals surface area contributed by atoms with E-state index in [2.05, 4.69) is 41.4 Å². The number of thiophene rings is 1. The van der Waals surface area contributed by atoms with Crippen molar-refractivity contribution < 1.29 is 9.69 Å². The van der Waals surface area contributed by atoms with Gasteiger partial charge in [0.15, 0.2) is 5.65 Å². The summed E-state index contributed by atoms with van der Waals surface area (Å²) in [5.74, 6) is 0.679. The highest BCUT2D eigenvalue weighted by Crippen LogP contribution is 2.38. The molecule has 1 aliphatic carbocycles. The first-order valence-electron chi connectivity index (χ1n) is 9.25. The van der Waals surface area contributed by atoms with Crippen LogP contribution in [0.15, 0.2) is 6.33 Å². The van der Waals surface area contributed by atoms with Crippen LogP contribution in [-0.4, -0.2) is 52.7 Å². The van der Waals surface area contributed by atoms with E-state index >= 15 is 0 Å². The van der Waals surface area contributed by atoms with E-state index in [1.807, 2.05) is 0 Å². The van der Waals surface area contributed by atoms with Gasteiger partial charge in [-0.25, -0.2) is 14.5 Å². The molecular formula is C18H25N6OS+. The molecule has 3 aromatic heterocycles. The number of carbonyl (C=O) groups excluding carboxylic acids is 1. The number of rotatable bonds is 5. The van der Waals surface area contributed by atoms with Crippen molar-refractivity contribution >= 4 is 33.1 Å². The Hall–Kier alpha value is -2.06. The van der Waals surface area contributed by atoms with Crippen LogP contribution in [0.4, 0.5) is 0 Å². The molecule has 4 rings (SSSR count). The first-order chi connectivity index (χ1) is 12.5. The predicted molar refractivity (Wildman–Crippen MR) is 102 cm³/mol. The number of amides is 1. The molecule has 0 unspecified atom stereocenters. The van der Waals surface area contributed by atoms with Crippen LogP contribution in [0.5, 0.6) is 0 Å². The molecule has 1 aliphatic rings. The average Bonchev–Trinajstić information content (AvgIpc) is 3.18. The Labute approximate surface area is 156 Å². The van der Waals surface area contributed by atoms with Crippen molar-refractivity contribution in [2.75, 3.05) is 27.2 Å². The van der Waals surface area contributed by atoms with E-state index in [9.17, 15) is 4.79 Å². The van der Waals surface area contributed by atoms with E-state index in [0.29, 0.717) is 12.5 Å². The molecular weight excluding hydrogens is 348 g/mol. The number of hydrogen-bond donors (Lipinski definition) is 2. The summed E-state index contributed by atoms with van der Waals surface area (Å²) in [7, 11) is 4.21. The van der Waals surface area contributed by atoms with Gasteiger partial charge in [0, 0.05) is 17.8 Å². The highest BCUT2D eigenvalue weighted by atomic mass is 32.1. The summed E-state index contributed by atoms with van der Waals surface area (Å²) in [6.07, 6.45) is 5.99. The molecule has 0 saturated heterocycles. The van der Waals surface area contributed by atoms with Crippen molar-refractivity contribution in [3.05, 3.63) is 22.6 Å². The zero-order chi connectivity index (χ0) is 18.3. The topological polar surface area (TPSA) is 76.6 Å². The maximum Gasteiger partial charge on any atom is 0.290 e. The maximum absolute atomic E-state index is 12.4. The van der Waals surface area contributed by atoms with E-state index < -0.39 is 0 Å². The molecule has 1 atom stereocenters. The second-order valence-corrected chi connectivity index (χ2v) is 8.63. The van der Waals surface area contributed by atoms with Gasteiger partial charge in [0.25, 0.3) is 5.91 Å². The quantitative estimate of drug-likeness (QED) is 0.647. The fourth-order valence-corrected chi connectivity index (χ4v) is 4.74. The Bertz CT molecular complexity index is 960. The highest BCUT2D eigenvalue weighted by Gasteiger charge is 2.24. The standard InChI is InChI=1S/C18H24N6OS/c1-11-5-6-13-12(9-11)14-16-21-15(17(25)19-7-4-8-23(2)3)22-24(16)10-20-18(14)26-13/h10-11H,4-9H2,1-3H3,(H,19,25)/p+1/t11-/m1/s1. The number of fused-ring (bicyclic) bond motifs is 5. The normalized spacial score (nSPS) is 17.2. The third kappa shape index (κ3) is 3.19. The minimum atomic E-state index is -0.215. The molecule has 3 heterocycles. The van der Waals surface area contributed by atoms with E-state index in [-0.39, 0.29) is 11.7 Å². The van der Waals surface area contributed by atoms with Crippen molar-refractivity contribution in [2.24, 2.45) is 5.92 Å². The summed E-state index contributed by atoms with van der Waals surface area (Å²) in [5, 5.41) is 8.36. The molecule has 8 heteroatoms. The van der Waals surface area contributed by atoms with Crippen molar-refractivity contribution in [1.82, 2.24) is 24.9 Å². The number of quaternary nitrogens is 1. The van der Waals surface area contributed by atoms with E-state index in [1.54, 1.807) is 22.2 Å². The third-order valence-corrected chi connectivity index (χ3v) is 6.17. The van der Waals surface area contributed by atoms with Crippen LogP contribution in [0.2, 0.25) is 0 Å². The zero-order valence-electron chi connectivity index (χ0n) is 15.5. The molecule has 138 valence electrons. The number of nitrogens with zero attached hydrogens (tertiary/aromatic N) is 4. The minimum absolute atomic E-state index is 0.215. The Morgan fingerprint density at radius 2 is 2.31 bits per heavy atom. The molecule has 0 bridgehead atoms. The zero-order valence-corrected chi connectivity index (χ0v) is 16.3. The third-order valence-electron chi connectivity index (χ3n) is 4.97. The fourth-order valence-electron chi connectivity index (χ4n) is 3.57. The Morgan fingerprint density at radius 3 is 3.12 bits per heavy atom. The Kier molecular flexibility index (Phi) is 4.62. The van der Waals surface area contributed by atoms with Gasteiger partial charge in [-0.1, -0.05) is 6.92 Å². The summed E-state index contributed by atoms with van der Waals surface area (Å²) < 4.78 is 1.65. The summed E-state index contributed by atoms with van der Waals surface area (Å²) >= 11 is 1.76. The van der Waals surface area contributed by atoms with Gasteiger partial charge in [0.1, 0.15) is 11.2 Å². The smallest absolute Gasteiger partial charge is 0.290 e. The minimum Gasteiger partial charge on any atom is -0.349 e. The molecule has 1 amide bonds. The molecule has 0 fully saturated rings. The van der Waals surface area contributed by atoms with Crippen LogP contribution >= 0.6 is 11.3 Å². The second-order valence-electron chi connectivity index (χ2n) is 7.55. The van der Waals surface area contributed by atoms with E-state index in [4.69, 9.17) is 0 Å². The molecule has 0 aromatic carbocycles. The first-order valence-corrected chi connectivity index (χ1v) is 10.1. The monoisotopic (exact) mass is 373 g/mol.